The molecular weight excluding hydrogens is 344 g/mol. The Morgan fingerprint density at radius 2 is 1.65 bits per heavy atom. The van der Waals surface area contributed by atoms with Crippen molar-refractivity contribution in [1.29, 1.82) is 0 Å². The minimum Gasteiger partial charge on any atom is -0.369 e. The predicted molar refractivity (Wildman–Crippen MR) is 107 cm³/mol. The average molecular weight is 369 g/mol. The highest BCUT2D eigenvalue weighted by Crippen LogP contribution is 2.29. The summed E-state index contributed by atoms with van der Waals surface area (Å²) in [6.07, 6.45) is 3.25. The fourth-order valence-corrected chi connectivity index (χ4v) is 5.40. The van der Waals surface area contributed by atoms with Crippen LogP contribution < -0.4 is 4.90 Å². The molecule has 2 aliphatic rings. The van der Waals surface area contributed by atoms with E-state index in [0.29, 0.717) is 24.4 Å². The molecule has 2 aromatic rings. The Balaban J connectivity index is 1.50. The largest absolute Gasteiger partial charge is 0.369 e. The molecule has 4 nitrogen and oxygen atoms in total. The Bertz CT molecular complexity index is 942. The highest BCUT2D eigenvalue weighted by Gasteiger charge is 2.31. The Morgan fingerprint density at radius 1 is 0.885 bits per heavy atom. The van der Waals surface area contributed by atoms with Gasteiger partial charge in [0.05, 0.1) is 4.91 Å². The summed E-state index contributed by atoms with van der Waals surface area (Å²) < 4.78 is 27.8. The number of benzene rings is 2. The van der Waals surface area contributed by atoms with E-state index in [1.165, 1.54) is 16.8 Å². The monoisotopic (exact) mass is 368 g/mol. The summed E-state index contributed by atoms with van der Waals surface area (Å²) in [5.74, 6) is 0. The van der Waals surface area contributed by atoms with E-state index in [1.54, 1.807) is 4.31 Å². The quantitative estimate of drug-likeness (QED) is 0.833. The number of hydrogen-bond acceptors (Lipinski definition) is 3. The molecule has 1 heterocycles. The van der Waals surface area contributed by atoms with Crippen molar-refractivity contribution in [3.8, 4) is 0 Å². The zero-order chi connectivity index (χ0) is 18.1. The summed E-state index contributed by atoms with van der Waals surface area (Å²) in [4.78, 5) is 2.82. The fourth-order valence-electron chi connectivity index (χ4n) is 3.79. The topological polar surface area (TPSA) is 40.6 Å². The van der Waals surface area contributed by atoms with E-state index in [-0.39, 0.29) is 0 Å². The van der Waals surface area contributed by atoms with Gasteiger partial charge in [0.15, 0.2) is 0 Å². The van der Waals surface area contributed by atoms with Crippen LogP contribution in [0, 0.1) is 6.92 Å². The number of piperazine rings is 1. The van der Waals surface area contributed by atoms with Crippen molar-refractivity contribution in [3.63, 3.8) is 0 Å². The third-order valence-electron chi connectivity index (χ3n) is 5.29. The van der Waals surface area contributed by atoms with Crippen LogP contribution in [0.2, 0.25) is 0 Å². The summed E-state index contributed by atoms with van der Waals surface area (Å²) in [6, 6.07) is 16.4. The molecule has 1 aliphatic carbocycles. The Hall–Kier alpha value is -2.11. The summed E-state index contributed by atoms with van der Waals surface area (Å²) in [7, 11) is -3.37. The van der Waals surface area contributed by atoms with Crippen molar-refractivity contribution in [2.75, 3.05) is 31.1 Å². The van der Waals surface area contributed by atoms with Gasteiger partial charge in [-0.25, -0.2) is 8.42 Å². The molecule has 1 aliphatic heterocycles. The molecule has 0 aromatic heterocycles. The summed E-state index contributed by atoms with van der Waals surface area (Å²) >= 11 is 0. The zero-order valence-electron chi connectivity index (χ0n) is 15.1. The van der Waals surface area contributed by atoms with E-state index < -0.39 is 10.0 Å². The SMILES string of the molecule is Cc1cccc(N2CCN(S(=O)(=O)C3=Cc4ccccc4CC3)CC2)c1. The first-order valence-electron chi connectivity index (χ1n) is 9.14. The first-order valence-corrected chi connectivity index (χ1v) is 10.6. The van der Waals surface area contributed by atoms with Crippen LogP contribution >= 0.6 is 0 Å². The molecule has 5 heteroatoms. The molecule has 0 amide bonds. The minimum absolute atomic E-state index is 0.537. The Morgan fingerprint density at radius 3 is 2.42 bits per heavy atom. The van der Waals surface area contributed by atoms with Gasteiger partial charge in [-0.2, -0.15) is 4.31 Å². The highest BCUT2D eigenvalue weighted by atomic mass is 32.2. The van der Waals surface area contributed by atoms with E-state index in [2.05, 4.69) is 42.2 Å². The van der Waals surface area contributed by atoms with Crippen LogP contribution in [0.4, 0.5) is 5.69 Å². The van der Waals surface area contributed by atoms with Gasteiger partial charge in [0, 0.05) is 31.9 Å². The molecule has 4 rings (SSSR count). The number of allylic oxidation sites excluding steroid dienone is 1. The molecule has 136 valence electrons. The van der Waals surface area contributed by atoms with Gasteiger partial charge >= 0.3 is 0 Å². The normalized spacial score (nSPS) is 18.3. The van der Waals surface area contributed by atoms with Gasteiger partial charge in [0.2, 0.25) is 10.0 Å². The van der Waals surface area contributed by atoms with Gasteiger partial charge in [-0.05, 0) is 54.7 Å². The van der Waals surface area contributed by atoms with Gasteiger partial charge in [-0.15, -0.1) is 0 Å². The van der Waals surface area contributed by atoms with E-state index in [0.717, 1.165) is 25.1 Å². The fraction of sp³-hybridized carbons (Fsp3) is 0.333. The number of aryl methyl sites for hydroxylation is 2. The van der Waals surface area contributed by atoms with Crippen LogP contribution in [0.5, 0.6) is 0 Å². The van der Waals surface area contributed by atoms with Gasteiger partial charge < -0.3 is 4.90 Å². The molecule has 0 atom stereocenters. The van der Waals surface area contributed by atoms with Crippen LogP contribution in [0.1, 0.15) is 23.1 Å². The van der Waals surface area contributed by atoms with Crippen LogP contribution in [0.3, 0.4) is 0 Å². The predicted octanol–water partition coefficient (Wildman–Crippen LogP) is 3.43. The second-order valence-corrected chi connectivity index (χ2v) is 9.03. The van der Waals surface area contributed by atoms with E-state index in [1.807, 2.05) is 24.3 Å². The van der Waals surface area contributed by atoms with Gasteiger partial charge in [-0.3, -0.25) is 0 Å². The van der Waals surface area contributed by atoms with Crippen molar-refractivity contribution in [3.05, 3.63) is 70.1 Å². The molecule has 0 spiro atoms. The Labute approximate surface area is 155 Å². The lowest BCUT2D eigenvalue weighted by atomic mass is 9.98. The van der Waals surface area contributed by atoms with Crippen LogP contribution in [0.25, 0.3) is 6.08 Å². The van der Waals surface area contributed by atoms with Crippen molar-refractivity contribution < 1.29 is 8.42 Å². The maximum absolute atomic E-state index is 13.1. The molecule has 0 bridgehead atoms. The molecule has 2 aromatic carbocycles. The zero-order valence-corrected chi connectivity index (χ0v) is 15.9. The van der Waals surface area contributed by atoms with Crippen LogP contribution in [0.15, 0.2) is 53.4 Å². The molecular formula is C21H24N2O2S. The average Bonchev–Trinajstić information content (AvgIpc) is 2.67. The van der Waals surface area contributed by atoms with Gasteiger partial charge in [0.1, 0.15) is 0 Å². The molecule has 0 saturated carbocycles. The number of hydrogen-bond donors (Lipinski definition) is 0. The van der Waals surface area contributed by atoms with E-state index in [4.69, 9.17) is 0 Å². The van der Waals surface area contributed by atoms with Gasteiger partial charge in [0.25, 0.3) is 0 Å². The lowest BCUT2D eigenvalue weighted by molar-refractivity contribution is 0.388. The number of sulfonamides is 1. The van der Waals surface area contributed by atoms with Crippen LogP contribution in [-0.2, 0) is 16.4 Å². The third-order valence-corrected chi connectivity index (χ3v) is 7.32. The first-order chi connectivity index (χ1) is 12.5. The highest BCUT2D eigenvalue weighted by molar-refractivity contribution is 7.93. The van der Waals surface area contributed by atoms with E-state index in [9.17, 15) is 8.42 Å². The Kier molecular flexibility index (Phi) is 4.59. The lowest BCUT2D eigenvalue weighted by Crippen LogP contribution is -2.49. The molecule has 1 fully saturated rings. The summed E-state index contributed by atoms with van der Waals surface area (Å²) in [5, 5.41) is 0. The summed E-state index contributed by atoms with van der Waals surface area (Å²) in [5.41, 5.74) is 4.67. The van der Waals surface area contributed by atoms with Crippen molar-refractivity contribution in [2.24, 2.45) is 0 Å². The van der Waals surface area contributed by atoms with Crippen LogP contribution in [-0.4, -0.2) is 38.9 Å². The molecule has 26 heavy (non-hydrogen) atoms. The molecule has 0 N–H and O–H groups in total. The van der Waals surface area contributed by atoms with Crippen molar-refractivity contribution in [1.82, 2.24) is 4.31 Å². The number of nitrogens with zero attached hydrogens (tertiary/aromatic N) is 2. The molecule has 0 radical (unpaired) electrons. The smallest absolute Gasteiger partial charge is 0.239 e. The van der Waals surface area contributed by atoms with E-state index >= 15 is 0 Å². The third kappa shape index (κ3) is 3.29. The standard InChI is InChI=1S/C21H24N2O2S/c1-17-5-4-8-20(15-17)22-11-13-23(14-12-22)26(24,25)21-10-9-18-6-2-3-7-19(18)16-21/h2-8,15-16H,9-14H2,1H3. The maximum Gasteiger partial charge on any atom is 0.239 e. The lowest BCUT2D eigenvalue weighted by Gasteiger charge is -2.36. The van der Waals surface area contributed by atoms with Crippen molar-refractivity contribution >= 4 is 21.8 Å². The number of fused-ring (bicyclic) bond motifs is 1. The van der Waals surface area contributed by atoms with Gasteiger partial charge in [-0.1, -0.05) is 36.4 Å². The first kappa shape index (κ1) is 17.3. The van der Waals surface area contributed by atoms with Crippen molar-refractivity contribution in [2.45, 2.75) is 19.8 Å². The number of rotatable bonds is 3. The number of anilines is 1. The maximum atomic E-state index is 13.1. The molecule has 0 unspecified atom stereocenters. The second-order valence-electron chi connectivity index (χ2n) is 7.04. The summed E-state index contributed by atoms with van der Waals surface area (Å²) in [6.45, 7) is 4.61. The second kappa shape index (κ2) is 6.89. The minimum atomic E-state index is -3.37. The molecule has 1 saturated heterocycles.